The molecule has 2 amide bonds. The number of rotatable bonds is 8. The lowest BCUT2D eigenvalue weighted by Crippen LogP contribution is -2.40. The first kappa shape index (κ1) is 18.3. The first-order valence-corrected chi connectivity index (χ1v) is 8.30. The zero-order chi connectivity index (χ0) is 17.5. The fraction of sp³-hybridized carbons (Fsp3) is 0.438. The molecule has 0 radical (unpaired) electrons. The molecule has 1 aliphatic rings. The number of benzene rings is 1. The second-order valence-corrected chi connectivity index (χ2v) is 6.41. The molecule has 1 aromatic carbocycles. The number of ether oxygens (including phenoxy) is 2. The van der Waals surface area contributed by atoms with Gasteiger partial charge < -0.3 is 19.7 Å². The number of esters is 1. The minimum atomic E-state index is -0.651. The Balaban J connectivity index is 1.63. The van der Waals surface area contributed by atoms with Gasteiger partial charge in [0.25, 0.3) is 5.91 Å². The normalized spacial score (nSPS) is 13.1. The minimum absolute atomic E-state index is 0.0533. The van der Waals surface area contributed by atoms with Crippen molar-refractivity contribution in [3.05, 3.63) is 28.7 Å². The summed E-state index contributed by atoms with van der Waals surface area (Å²) in [6.45, 7) is -0.765. The molecule has 1 fully saturated rings. The molecule has 0 heterocycles. The van der Waals surface area contributed by atoms with E-state index < -0.39 is 18.5 Å². The van der Waals surface area contributed by atoms with Crippen LogP contribution in [0.4, 0.5) is 0 Å². The van der Waals surface area contributed by atoms with Crippen LogP contribution in [-0.2, 0) is 19.1 Å². The van der Waals surface area contributed by atoms with E-state index in [-0.39, 0.29) is 25.1 Å². The van der Waals surface area contributed by atoms with Gasteiger partial charge in [-0.2, -0.15) is 0 Å². The number of halogens is 1. The molecule has 1 aromatic rings. The average molecular weight is 399 g/mol. The smallest absolute Gasteiger partial charge is 0.344 e. The molecule has 0 aliphatic heterocycles. The van der Waals surface area contributed by atoms with Crippen LogP contribution in [0.1, 0.15) is 12.8 Å². The average Bonchev–Trinajstić information content (AvgIpc) is 3.35. The molecule has 1 N–H and O–H groups in total. The van der Waals surface area contributed by atoms with Crippen molar-refractivity contribution in [2.45, 2.75) is 18.9 Å². The van der Waals surface area contributed by atoms with E-state index >= 15 is 0 Å². The van der Waals surface area contributed by atoms with Crippen LogP contribution in [0, 0.1) is 0 Å². The van der Waals surface area contributed by atoms with Crippen LogP contribution in [0.25, 0.3) is 0 Å². The van der Waals surface area contributed by atoms with Gasteiger partial charge in [0, 0.05) is 17.6 Å². The van der Waals surface area contributed by atoms with Crippen LogP contribution >= 0.6 is 15.9 Å². The van der Waals surface area contributed by atoms with E-state index in [0.29, 0.717) is 5.75 Å². The van der Waals surface area contributed by atoms with Gasteiger partial charge in [-0.25, -0.2) is 4.79 Å². The van der Waals surface area contributed by atoms with Gasteiger partial charge in [0.1, 0.15) is 5.75 Å². The molecule has 0 aromatic heterocycles. The molecular formula is C16H19BrN2O5. The molecule has 0 atom stereocenters. The van der Waals surface area contributed by atoms with E-state index in [9.17, 15) is 14.4 Å². The van der Waals surface area contributed by atoms with Crippen LogP contribution < -0.4 is 10.1 Å². The third-order valence-corrected chi connectivity index (χ3v) is 3.80. The maximum absolute atomic E-state index is 11.8. The van der Waals surface area contributed by atoms with Crippen LogP contribution in [0.15, 0.2) is 28.7 Å². The second-order valence-electron chi connectivity index (χ2n) is 5.49. The highest BCUT2D eigenvalue weighted by Crippen LogP contribution is 2.18. The molecule has 1 saturated carbocycles. The molecule has 130 valence electrons. The lowest BCUT2D eigenvalue weighted by Gasteiger charge is -2.16. The number of nitrogens with one attached hydrogen (secondary N) is 1. The first-order chi connectivity index (χ1) is 11.4. The van der Waals surface area contributed by atoms with E-state index in [4.69, 9.17) is 9.47 Å². The van der Waals surface area contributed by atoms with E-state index in [1.807, 2.05) is 0 Å². The number of hydrogen-bond donors (Lipinski definition) is 1. The fourth-order valence-electron chi connectivity index (χ4n) is 1.77. The standard InChI is InChI=1S/C16H19BrN2O5/c1-19(8-14(20)18-12-4-5-12)15(21)9-24-16(22)10-23-13-6-2-11(17)3-7-13/h2-3,6-7,12H,4-5,8-10H2,1H3,(H,18,20). The Bertz CT molecular complexity index is 601. The second kappa shape index (κ2) is 8.68. The van der Waals surface area contributed by atoms with E-state index in [1.54, 1.807) is 24.3 Å². The van der Waals surface area contributed by atoms with Crippen molar-refractivity contribution in [1.29, 1.82) is 0 Å². The van der Waals surface area contributed by atoms with E-state index in [1.165, 1.54) is 11.9 Å². The Labute approximate surface area is 148 Å². The largest absolute Gasteiger partial charge is 0.482 e. The Morgan fingerprint density at radius 1 is 1.21 bits per heavy atom. The van der Waals surface area contributed by atoms with Gasteiger partial charge in [-0.15, -0.1) is 0 Å². The van der Waals surface area contributed by atoms with Gasteiger partial charge in [-0.1, -0.05) is 15.9 Å². The minimum Gasteiger partial charge on any atom is -0.482 e. The summed E-state index contributed by atoms with van der Waals surface area (Å²) < 4.78 is 11.0. The topological polar surface area (TPSA) is 84.9 Å². The zero-order valence-corrected chi connectivity index (χ0v) is 14.9. The summed E-state index contributed by atoms with van der Waals surface area (Å²) in [4.78, 5) is 36.2. The molecular weight excluding hydrogens is 380 g/mol. The summed E-state index contributed by atoms with van der Waals surface area (Å²) in [6.07, 6.45) is 1.97. The Morgan fingerprint density at radius 2 is 1.88 bits per heavy atom. The predicted molar refractivity (Wildman–Crippen MR) is 89.4 cm³/mol. The van der Waals surface area contributed by atoms with Crippen molar-refractivity contribution in [2.75, 3.05) is 26.8 Å². The molecule has 8 heteroatoms. The molecule has 0 unspecified atom stereocenters. The van der Waals surface area contributed by atoms with Crippen LogP contribution in [0.2, 0.25) is 0 Å². The van der Waals surface area contributed by atoms with Gasteiger partial charge >= 0.3 is 5.97 Å². The fourth-order valence-corrected chi connectivity index (χ4v) is 2.04. The quantitative estimate of drug-likeness (QED) is 0.662. The highest BCUT2D eigenvalue weighted by atomic mass is 79.9. The molecule has 2 rings (SSSR count). The number of carbonyl (C=O) groups is 3. The third-order valence-electron chi connectivity index (χ3n) is 3.28. The van der Waals surface area contributed by atoms with Crippen LogP contribution in [0.5, 0.6) is 5.75 Å². The van der Waals surface area contributed by atoms with Crippen LogP contribution in [0.3, 0.4) is 0 Å². The molecule has 24 heavy (non-hydrogen) atoms. The van der Waals surface area contributed by atoms with Gasteiger partial charge in [-0.05, 0) is 37.1 Å². The van der Waals surface area contributed by atoms with Gasteiger partial charge in [0.2, 0.25) is 5.91 Å². The first-order valence-electron chi connectivity index (χ1n) is 7.51. The number of hydrogen-bond acceptors (Lipinski definition) is 5. The number of nitrogens with zero attached hydrogens (tertiary/aromatic N) is 1. The van der Waals surface area contributed by atoms with Gasteiger partial charge in [-0.3, -0.25) is 9.59 Å². The Morgan fingerprint density at radius 3 is 2.50 bits per heavy atom. The maximum atomic E-state index is 11.8. The number of carbonyl (C=O) groups excluding carboxylic acids is 3. The summed E-state index contributed by atoms with van der Waals surface area (Å²) in [5.74, 6) is -0.784. The number of likely N-dealkylation sites (N-methyl/N-ethyl adjacent to an activating group) is 1. The van der Waals surface area contributed by atoms with Crippen molar-refractivity contribution in [2.24, 2.45) is 0 Å². The highest BCUT2D eigenvalue weighted by molar-refractivity contribution is 9.10. The van der Waals surface area contributed by atoms with Crippen molar-refractivity contribution in [3.63, 3.8) is 0 Å². The Hall–Kier alpha value is -2.09. The lowest BCUT2D eigenvalue weighted by molar-refractivity contribution is -0.153. The lowest BCUT2D eigenvalue weighted by atomic mass is 10.3. The summed E-state index contributed by atoms with van der Waals surface area (Å²) in [5.41, 5.74) is 0. The summed E-state index contributed by atoms with van der Waals surface area (Å²) in [5, 5.41) is 2.78. The van der Waals surface area contributed by atoms with E-state index in [0.717, 1.165) is 17.3 Å². The van der Waals surface area contributed by atoms with Gasteiger partial charge in [0.15, 0.2) is 13.2 Å². The summed E-state index contributed by atoms with van der Waals surface area (Å²) in [6, 6.07) is 7.22. The van der Waals surface area contributed by atoms with Gasteiger partial charge in [0.05, 0.1) is 6.54 Å². The highest BCUT2D eigenvalue weighted by Gasteiger charge is 2.24. The SMILES string of the molecule is CN(CC(=O)NC1CC1)C(=O)COC(=O)COc1ccc(Br)cc1. The molecule has 0 bridgehead atoms. The summed E-state index contributed by atoms with van der Waals surface area (Å²) in [7, 11) is 1.49. The van der Waals surface area contributed by atoms with Crippen molar-refractivity contribution in [3.8, 4) is 5.75 Å². The van der Waals surface area contributed by atoms with Crippen molar-refractivity contribution < 1.29 is 23.9 Å². The Kier molecular flexibility index (Phi) is 6.60. The zero-order valence-electron chi connectivity index (χ0n) is 13.3. The molecule has 1 aliphatic carbocycles. The monoisotopic (exact) mass is 398 g/mol. The molecule has 7 nitrogen and oxygen atoms in total. The molecule has 0 spiro atoms. The summed E-state index contributed by atoms with van der Waals surface area (Å²) >= 11 is 3.30. The van der Waals surface area contributed by atoms with Crippen molar-refractivity contribution >= 4 is 33.7 Å². The third kappa shape index (κ3) is 6.57. The maximum Gasteiger partial charge on any atom is 0.344 e. The van der Waals surface area contributed by atoms with Crippen LogP contribution in [-0.4, -0.2) is 55.5 Å². The van der Waals surface area contributed by atoms with Crippen molar-refractivity contribution in [1.82, 2.24) is 10.2 Å². The van der Waals surface area contributed by atoms with E-state index in [2.05, 4.69) is 21.2 Å². The molecule has 0 saturated heterocycles. The number of amides is 2. The predicted octanol–water partition coefficient (Wildman–Crippen LogP) is 1.11.